The van der Waals surface area contributed by atoms with Crippen LogP contribution < -0.4 is 5.32 Å². The number of nitrogens with one attached hydrogen (secondary N) is 1. The van der Waals surface area contributed by atoms with Crippen molar-refractivity contribution in [2.75, 3.05) is 13.2 Å². The van der Waals surface area contributed by atoms with Crippen molar-refractivity contribution in [3.8, 4) is 0 Å². The smallest absolute Gasteiger partial charge is 0.305 e. The van der Waals surface area contributed by atoms with Gasteiger partial charge in [0.05, 0.1) is 25.4 Å². The van der Waals surface area contributed by atoms with Gasteiger partial charge < -0.3 is 20.3 Å². The Morgan fingerprint density at radius 3 is 1.01 bits per heavy atom. The van der Waals surface area contributed by atoms with E-state index in [2.05, 4.69) is 55.6 Å². The highest BCUT2D eigenvalue weighted by atomic mass is 16.5. The van der Waals surface area contributed by atoms with Gasteiger partial charge >= 0.3 is 5.97 Å². The molecule has 0 aromatic carbocycles. The monoisotopic (exact) mass is 1090 g/mol. The number of rotatable bonds is 65. The number of unbranched alkanes of at least 4 members (excludes halogenated alkanes) is 48. The highest BCUT2D eigenvalue weighted by molar-refractivity contribution is 5.76. The summed E-state index contributed by atoms with van der Waals surface area (Å²) in [6.07, 6.45) is 87.5. The molecule has 0 radical (unpaired) electrons. The normalized spacial score (nSPS) is 12.8. The van der Waals surface area contributed by atoms with Crippen molar-refractivity contribution in [3.05, 3.63) is 48.6 Å². The van der Waals surface area contributed by atoms with Gasteiger partial charge in [-0.1, -0.05) is 319 Å². The number of ether oxygens (including phenoxy) is 1. The third-order valence-electron chi connectivity index (χ3n) is 16.1. The maximum Gasteiger partial charge on any atom is 0.305 e. The van der Waals surface area contributed by atoms with Gasteiger partial charge in [-0.3, -0.25) is 9.59 Å². The molecule has 2 atom stereocenters. The molecule has 78 heavy (non-hydrogen) atoms. The second-order valence-electron chi connectivity index (χ2n) is 23.9. The van der Waals surface area contributed by atoms with E-state index in [1.165, 1.54) is 295 Å². The zero-order chi connectivity index (χ0) is 56.4. The van der Waals surface area contributed by atoms with Crippen LogP contribution in [0.3, 0.4) is 0 Å². The van der Waals surface area contributed by atoms with E-state index < -0.39 is 12.1 Å². The minimum Gasteiger partial charge on any atom is -0.466 e. The number of amides is 1. The first-order chi connectivity index (χ1) is 38.5. The van der Waals surface area contributed by atoms with Crippen molar-refractivity contribution >= 4 is 11.9 Å². The van der Waals surface area contributed by atoms with Crippen molar-refractivity contribution in [1.82, 2.24) is 5.32 Å². The van der Waals surface area contributed by atoms with Gasteiger partial charge in [0.2, 0.25) is 5.91 Å². The van der Waals surface area contributed by atoms with Crippen molar-refractivity contribution in [3.63, 3.8) is 0 Å². The highest BCUT2D eigenvalue weighted by Crippen LogP contribution is 2.18. The standard InChI is InChI=1S/C72H135NO5/c1-3-5-7-9-11-13-15-17-19-20-21-22-27-30-33-37-40-44-48-52-56-60-64-70(75)69(68-74)73-71(76)65-61-57-53-49-45-41-38-34-31-28-25-23-24-26-29-32-35-39-43-47-51-55-59-63-67-78-72(77)66-62-58-54-50-46-42-36-18-16-14-12-10-8-6-4-2/h12,14,18,25,28,36,60,64,69-70,74-75H,3-11,13,15-17,19-24,26-27,29-35,37-59,61-63,65-68H2,1-2H3,(H,73,76)/b14-12-,28-25-,36-18-,64-60+. The van der Waals surface area contributed by atoms with Crippen molar-refractivity contribution in [1.29, 1.82) is 0 Å². The molecular weight excluding hydrogens is 959 g/mol. The summed E-state index contributed by atoms with van der Waals surface area (Å²) in [6.45, 7) is 4.90. The van der Waals surface area contributed by atoms with E-state index in [4.69, 9.17) is 4.74 Å². The molecule has 0 spiro atoms. The Kier molecular flexibility index (Phi) is 65.4. The molecule has 0 bridgehead atoms. The van der Waals surface area contributed by atoms with E-state index in [-0.39, 0.29) is 18.5 Å². The molecule has 6 heteroatoms. The number of carbonyl (C=O) groups excluding carboxylic acids is 2. The van der Waals surface area contributed by atoms with Gasteiger partial charge in [-0.25, -0.2) is 0 Å². The van der Waals surface area contributed by atoms with Gasteiger partial charge in [0.1, 0.15) is 0 Å². The number of aliphatic hydroxyl groups is 2. The maximum atomic E-state index is 12.5. The molecule has 0 aromatic heterocycles. The number of allylic oxidation sites excluding steroid dienone is 7. The van der Waals surface area contributed by atoms with Crippen LogP contribution >= 0.6 is 0 Å². The Morgan fingerprint density at radius 2 is 0.641 bits per heavy atom. The molecule has 0 aliphatic heterocycles. The van der Waals surface area contributed by atoms with Gasteiger partial charge in [0.25, 0.3) is 0 Å². The van der Waals surface area contributed by atoms with Gasteiger partial charge in [-0.2, -0.15) is 0 Å². The molecule has 0 saturated carbocycles. The van der Waals surface area contributed by atoms with Crippen LogP contribution in [-0.2, 0) is 14.3 Å². The Labute approximate surface area is 486 Å². The first-order valence-electron chi connectivity index (χ1n) is 34.9. The first kappa shape index (κ1) is 75.8. The lowest BCUT2D eigenvalue weighted by Crippen LogP contribution is -2.45. The zero-order valence-electron chi connectivity index (χ0n) is 52.4. The Hall–Kier alpha value is -2.18. The van der Waals surface area contributed by atoms with E-state index in [0.29, 0.717) is 19.4 Å². The zero-order valence-corrected chi connectivity index (χ0v) is 52.4. The summed E-state index contributed by atoms with van der Waals surface area (Å²) in [5.41, 5.74) is 0. The third-order valence-corrected chi connectivity index (χ3v) is 16.1. The summed E-state index contributed by atoms with van der Waals surface area (Å²) in [6, 6.07) is -0.633. The summed E-state index contributed by atoms with van der Waals surface area (Å²) >= 11 is 0. The Bertz CT molecular complexity index is 1310. The van der Waals surface area contributed by atoms with E-state index >= 15 is 0 Å². The fraction of sp³-hybridized carbons (Fsp3) is 0.861. The average molecular weight is 1090 g/mol. The van der Waals surface area contributed by atoms with E-state index in [0.717, 1.165) is 51.4 Å². The second kappa shape index (κ2) is 67.3. The number of hydrogen-bond donors (Lipinski definition) is 3. The van der Waals surface area contributed by atoms with Crippen LogP contribution in [0.15, 0.2) is 48.6 Å². The Morgan fingerprint density at radius 1 is 0.359 bits per heavy atom. The van der Waals surface area contributed by atoms with Crippen LogP contribution in [0, 0.1) is 0 Å². The predicted molar refractivity (Wildman–Crippen MR) is 342 cm³/mol. The Balaban J connectivity index is 3.44. The molecule has 0 saturated heterocycles. The summed E-state index contributed by atoms with van der Waals surface area (Å²) in [5.74, 6) is -0.0714. The fourth-order valence-electron chi connectivity index (χ4n) is 10.7. The maximum absolute atomic E-state index is 12.5. The molecule has 0 heterocycles. The molecule has 458 valence electrons. The number of esters is 1. The van der Waals surface area contributed by atoms with E-state index in [1.54, 1.807) is 6.08 Å². The molecular formula is C72H135NO5. The van der Waals surface area contributed by atoms with Gasteiger partial charge in [-0.15, -0.1) is 0 Å². The molecule has 0 fully saturated rings. The van der Waals surface area contributed by atoms with Gasteiger partial charge in [0.15, 0.2) is 0 Å². The summed E-state index contributed by atoms with van der Waals surface area (Å²) < 4.78 is 5.48. The van der Waals surface area contributed by atoms with Gasteiger partial charge in [-0.05, 0) is 89.9 Å². The molecule has 2 unspecified atom stereocenters. The summed E-state index contributed by atoms with van der Waals surface area (Å²) in [7, 11) is 0. The quantitative estimate of drug-likeness (QED) is 0.0320. The summed E-state index contributed by atoms with van der Waals surface area (Å²) in [4.78, 5) is 24.6. The lowest BCUT2D eigenvalue weighted by atomic mass is 10.0. The lowest BCUT2D eigenvalue weighted by Gasteiger charge is -2.20. The predicted octanol–water partition coefficient (Wildman–Crippen LogP) is 22.5. The van der Waals surface area contributed by atoms with Crippen LogP contribution in [0.4, 0.5) is 0 Å². The van der Waals surface area contributed by atoms with Crippen molar-refractivity contribution < 1.29 is 24.5 Å². The molecule has 1 amide bonds. The molecule has 0 aromatic rings. The van der Waals surface area contributed by atoms with Crippen LogP contribution in [0.5, 0.6) is 0 Å². The highest BCUT2D eigenvalue weighted by Gasteiger charge is 2.18. The lowest BCUT2D eigenvalue weighted by molar-refractivity contribution is -0.143. The first-order valence-corrected chi connectivity index (χ1v) is 34.9. The SMILES string of the molecule is CCCCC/C=C\C/C=C\CCCCCCCC(=O)OCCCCCCCCCCCCCC/C=C\CCCCCCCCCCC(=O)NC(CO)C(O)/C=C/CCCCCCCCCCCCCCCCCCCCCC. The van der Waals surface area contributed by atoms with Crippen LogP contribution in [0.25, 0.3) is 0 Å². The number of carbonyl (C=O) groups is 2. The topological polar surface area (TPSA) is 95.9 Å². The number of hydrogen-bond acceptors (Lipinski definition) is 5. The van der Waals surface area contributed by atoms with Crippen LogP contribution in [-0.4, -0.2) is 47.4 Å². The largest absolute Gasteiger partial charge is 0.466 e. The van der Waals surface area contributed by atoms with Crippen molar-refractivity contribution in [2.45, 2.75) is 386 Å². The molecule has 3 N–H and O–H groups in total. The van der Waals surface area contributed by atoms with Crippen LogP contribution in [0.2, 0.25) is 0 Å². The second-order valence-corrected chi connectivity index (χ2v) is 23.9. The summed E-state index contributed by atoms with van der Waals surface area (Å²) in [5, 5.41) is 23.2. The molecule has 0 aliphatic rings. The molecule has 6 nitrogen and oxygen atoms in total. The minimum atomic E-state index is -0.849. The molecule has 0 aliphatic carbocycles. The molecule has 0 rings (SSSR count). The number of aliphatic hydroxyl groups excluding tert-OH is 2. The average Bonchev–Trinajstić information content (AvgIpc) is 3.44. The van der Waals surface area contributed by atoms with E-state index in [1.807, 2.05) is 6.08 Å². The van der Waals surface area contributed by atoms with E-state index in [9.17, 15) is 19.8 Å². The minimum absolute atomic E-state index is 0.00181. The fourth-order valence-corrected chi connectivity index (χ4v) is 10.7. The van der Waals surface area contributed by atoms with Crippen molar-refractivity contribution in [2.24, 2.45) is 0 Å². The van der Waals surface area contributed by atoms with Gasteiger partial charge in [0, 0.05) is 12.8 Å². The van der Waals surface area contributed by atoms with Crippen LogP contribution in [0.1, 0.15) is 373 Å². The third kappa shape index (κ3) is 63.0.